The highest BCUT2D eigenvalue weighted by Crippen LogP contribution is 2.28. The highest BCUT2D eigenvalue weighted by molar-refractivity contribution is 7.10. The van der Waals surface area contributed by atoms with Crippen molar-refractivity contribution in [2.75, 3.05) is 13.1 Å². The monoisotopic (exact) mass is 628 g/mol. The lowest BCUT2D eigenvalue weighted by Crippen LogP contribution is -2.49. The molecule has 9 nitrogen and oxygen atoms in total. The Kier molecular flexibility index (Phi) is 11.1. The Labute approximate surface area is 259 Å². The summed E-state index contributed by atoms with van der Waals surface area (Å²) in [6.45, 7) is 4.19. The minimum atomic E-state index is -3.05. The molecule has 3 aromatic rings. The van der Waals surface area contributed by atoms with Gasteiger partial charge in [-0.2, -0.15) is 8.78 Å². The van der Waals surface area contributed by atoms with Crippen molar-refractivity contribution in [2.24, 2.45) is 5.73 Å². The molecular weight excluding hydrogens is 590 g/mol. The van der Waals surface area contributed by atoms with E-state index in [4.69, 9.17) is 10.5 Å². The number of hydrogen-bond donors (Lipinski definition) is 3. The van der Waals surface area contributed by atoms with E-state index < -0.39 is 49.1 Å². The van der Waals surface area contributed by atoms with Crippen LogP contribution in [0, 0.1) is 0 Å². The number of hydrogen-bond acceptors (Lipinski definition) is 7. The molecule has 1 saturated heterocycles. The van der Waals surface area contributed by atoms with Gasteiger partial charge in [0, 0.05) is 29.4 Å². The van der Waals surface area contributed by atoms with Crippen molar-refractivity contribution in [3.63, 3.8) is 0 Å². The second kappa shape index (κ2) is 14.7. The predicted molar refractivity (Wildman–Crippen MR) is 164 cm³/mol. The van der Waals surface area contributed by atoms with Crippen LogP contribution in [0.15, 0.2) is 60.0 Å². The zero-order valence-corrected chi connectivity index (χ0v) is 25.9. The second-order valence-corrected chi connectivity index (χ2v) is 12.1. The fraction of sp³-hybridized carbons (Fsp3) is 0.406. The number of nitrogens with two attached hydrogens (primary N) is 1. The molecule has 2 heterocycles. The molecule has 4 N–H and O–H groups in total. The molecule has 0 saturated carbocycles. The van der Waals surface area contributed by atoms with Crippen LogP contribution in [0.3, 0.4) is 0 Å². The number of amides is 3. The van der Waals surface area contributed by atoms with Crippen molar-refractivity contribution in [1.82, 2.24) is 15.5 Å². The molecule has 1 fully saturated rings. The van der Waals surface area contributed by atoms with Crippen molar-refractivity contribution in [1.29, 1.82) is 0 Å². The topological polar surface area (TPSA) is 123 Å². The molecule has 0 bridgehead atoms. The van der Waals surface area contributed by atoms with Crippen molar-refractivity contribution < 1.29 is 32.6 Å². The molecule has 1 aromatic heterocycles. The summed E-state index contributed by atoms with van der Waals surface area (Å²) < 4.78 is 36.4. The molecule has 236 valence electrons. The van der Waals surface area contributed by atoms with Crippen LogP contribution in [-0.4, -0.2) is 54.5 Å². The average Bonchev–Trinajstić information content (AvgIpc) is 3.64. The quantitative estimate of drug-likeness (QED) is 0.244. The fourth-order valence-electron chi connectivity index (χ4n) is 4.87. The van der Waals surface area contributed by atoms with E-state index in [2.05, 4.69) is 29.2 Å². The van der Waals surface area contributed by atoms with Gasteiger partial charge >= 0.3 is 6.61 Å². The molecule has 0 radical (unpaired) electrons. The van der Waals surface area contributed by atoms with Crippen LogP contribution < -0.4 is 21.1 Å². The Morgan fingerprint density at radius 2 is 1.64 bits per heavy atom. The van der Waals surface area contributed by atoms with Gasteiger partial charge in [0.25, 0.3) is 5.91 Å². The number of likely N-dealkylation sites (tertiary alicyclic amines) is 1. The van der Waals surface area contributed by atoms with Crippen molar-refractivity contribution >= 4 is 29.1 Å². The molecule has 1 aliphatic heterocycles. The highest BCUT2D eigenvalue weighted by Gasteiger charge is 2.41. The number of nitrogens with one attached hydrogen (secondary N) is 2. The van der Waals surface area contributed by atoms with Gasteiger partial charge in [-0.3, -0.25) is 14.4 Å². The molecule has 12 heteroatoms. The van der Waals surface area contributed by atoms with E-state index in [9.17, 15) is 23.2 Å². The second-order valence-electron chi connectivity index (χ2n) is 11.2. The zero-order valence-electron chi connectivity index (χ0n) is 25.1. The summed E-state index contributed by atoms with van der Waals surface area (Å²) in [4.78, 5) is 41.2. The molecule has 0 spiro atoms. The first kappa shape index (κ1) is 33.0. The van der Waals surface area contributed by atoms with E-state index in [0.29, 0.717) is 23.0 Å². The number of carbonyl (C=O) groups excluding carboxylic acids is 3. The summed E-state index contributed by atoms with van der Waals surface area (Å²) in [6, 6.07) is 14.5. The Balaban J connectivity index is 1.35. The maximum absolute atomic E-state index is 13.2. The van der Waals surface area contributed by atoms with Gasteiger partial charge in [0.15, 0.2) is 0 Å². The van der Waals surface area contributed by atoms with E-state index >= 15 is 0 Å². The zero-order chi connectivity index (χ0) is 32.0. The van der Waals surface area contributed by atoms with Gasteiger partial charge < -0.3 is 30.7 Å². The Hall–Kier alpha value is -3.87. The minimum absolute atomic E-state index is 0.0975. The first-order valence-electron chi connectivity index (χ1n) is 14.4. The summed E-state index contributed by atoms with van der Waals surface area (Å²) in [6.07, 6.45) is -1.12. The largest absolute Gasteiger partial charge is 0.457 e. The molecule has 3 amide bonds. The number of nitrogens with zero attached hydrogens (tertiary/aromatic N) is 1. The van der Waals surface area contributed by atoms with E-state index in [1.807, 2.05) is 42.6 Å². The molecule has 4 atom stereocenters. The Bertz CT molecular complexity index is 1430. The molecule has 2 unspecified atom stereocenters. The lowest BCUT2D eigenvalue weighted by Gasteiger charge is -2.25. The normalized spacial score (nSPS) is 17.9. The van der Waals surface area contributed by atoms with Crippen LogP contribution in [0.1, 0.15) is 78.5 Å². The Morgan fingerprint density at radius 3 is 2.20 bits per heavy atom. The first-order chi connectivity index (χ1) is 20.9. The maximum atomic E-state index is 13.2. The number of halogens is 2. The molecule has 0 aliphatic carbocycles. The summed E-state index contributed by atoms with van der Waals surface area (Å²) in [5.74, 6) is 0.00772. The average molecular weight is 629 g/mol. The number of ether oxygens (including phenoxy) is 2. The van der Waals surface area contributed by atoms with Gasteiger partial charge in [0.05, 0.1) is 18.7 Å². The van der Waals surface area contributed by atoms with Gasteiger partial charge in [-0.15, -0.1) is 11.3 Å². The van der Waals surface area contributed by atoms with Crippen molar-refractivity contribution in [3.05, 3.63) is 81.5 Å². The minimum Gasteiger partial charge on any atom is -0.457 e. The molecule has 44 heavy (non-hydrogen) atoms. The van der Waals surface area contributed by atoms with Crippen molar-refractivity contribution in [2.45, 2.75) is 70.9 Å². The van der Waals surface area contributed by atoms with Crippen LogP contribution in [0.5, 0.6) is 11.5 Å². The maximum Gasteiger partial charge on any atom is 0.345 e. The lowest BCUT2D eigenvalue weighted by molar-refractivity contribution is -0.160. The van der Waals surface area contributed by atoms with Gasteiger partial charge in [0.2, 0.25) is 11.8 Å². The SMILES string of the molecule is CC(C)c1ccc(Oc2ccc(C(=O)NCC(=O)N3C[C@H](OC(F)F)CC3C(=O)N[C@H](C)c3cc(C(C)N)cs3)cc2)cc1. The molecule has 2 aromatic carbocycles. The number of alkyl halides is 2. The van der Waals surface area contributed by atoms with E-state index in [1.54, 1.807) is 31.2 Å². The molecule has 4 rings (SSSR count). The number of carbonyl (C=O) groups is 3. The molecular formula is C32H38F2N4O5S. The van der Waals surface area contributed by atoms with Crippen LogP contribution in [0.25, 0.3) is 0 Å². The Morgan fingerprint density at radius 1 is 1.00 bits per heavy atom. The summed E-state index contributed by atoms with van der Waals surface area (Å²) in [5.41, 5.74) is 8.36. The molecule has 1 aliphatic rings. The predicted octanol–water partition coefficient (Wildman–Crippen LogP) is 5.50. The highest BCUT2D eigenvalue weighted by atomic mass is 32.1. The number of thiophene rings is 1. The van der Waals surface area contributed by atoms with E-state index in [-0.39, 0.29) is 19.0 Å². The van der Waals surface area contributed by atoms with Crippen LogP contribution >= 0.6 is 11.3 Å². The van der Waals surface area contributed by atoms with Crippen LogP contribution in [0.2, 0.25) is 0 Å². The third kappa shape index (κ3) is 8.61. The lowest BCUT2D eigenvalue weighted by atomic mass is 10.0. The number of rotatable bonds is 12. The summed E-state index contributed by atoms with van der Waals surface area (Å²) in [5, 5.41) is 7.33. The third-order valence-electron chi connectivity index (χ3n) is 7.43. The van der Waals surface area contributed by atoms with E-state index in [0.717, 1.165) is 10.4 Å². The van der Waals surface area contributed by atoms with Gasteiger partial charge in [-0.1, -0.05) is 26.0 Å². The van der Waals surface area contributed by atoms with E-state index in [1.165, 1.54) is 21.8 Å². The first-order valence-corrected chi connectivity index (χ1v) is 15.3. The summed E-state index contributed by atoms with van der Waals surface area (Å²) >= 11 is 1.44. The smallest absolute Gasteiger partial charge is 0.345 e. The van der Waals surface area contributed by atoms with Crippen LogP contribution in [0.4, 0.5) is 8.78 Å². The van der Waals surface area contributed by atoms with Crippen molar-refractivity contribution in [3.8, 4) is 11.5 Å². The third-order valence-corrected chi connectivity index (χ3v) is 8.57. The standard InChI is InChI=1S/C32H38F2N4O5S/c1-18(2)21-5-9-24(10-6-21)42-25-11-7-22(8-12-25)30(40)36-15-29(39)38-16-26(43-32(33)34)14-27(38)31(41)37-20(4)28-13-23(17-44-28)19(3)35/h5-13,17-20,26-27,32H,14-16,35H2,1-4H3,(H,36,40)(H,37,41)/t19?,20-,26-,27?/m1/s1. The number of benzene rings is 2. The van der Waals surface area contributed by atoms with Gasteiger partial charge in [-0.05, 0) is 78.7 Å². The van der Waals surface area contributed by atoms with Crippen LogP contribution in [-0.2, 0) is 14.3 Å². The fourth-order valence-corrected chi connectivity index (χ4v) is 5.89. The summed E-state index contributed by atoms with van der Waals surface area (Å²) in [7, 11) is 0. The van der Waals surface area contributed by atoms with Gasteiger partial charge in [-0.25, -0.2) is 0 Å². The van der Waals surface area contributed by atoms with Gasteiger partial charge in [0.1, 0.15) is 17.5 Å².